The topological polar surface area (TPSA) is 54.9 Å². The molecule has 2 heterocycles. The molecule has 2 aliphatic rings. The number of aliphatic imine (C=N–C) groups is 1. The first-order valence-corrected chi connectivity index (χ1v) is 8.83. The number of halogens is 2. The van der Waals surface area contributed by atoms with E-state index in [2.05, 4.69) is 15.6 Å². The molecule has 1 atom stereocenters. The molecule has 0 saturated carbocycles. The van der Waals surface area contributed by atoms with Crippen molar-refractivity contribution >= 4 is 53.3 Å². The lowest BCUT2D eigenvalue weighted by atomic mass is 10.2. The van der Waals surface area contributed by atoms with Crippen LogP contribution in [-0.4, -0.2) is 37.3 Å². The molecule has 1 aromatic rings. The smallest absolute Gasteiger partial charge is 0.231 e. The monoisotopic (exact) mass is 469 g/mol. The Kier molecular flexibility index (Phi) is 7.42. The third kappa shape index (κ3) is 4.96. The summed E-state index contributed by atoms with van der Waals surface area (Å²) in [6.07, 6.45) is 2.60. The van der Waals surface area contributed by atoms with Gasteiger partial charge in [0.25, 0.3) is 0 Å². The minimum absolute atomic E-state index is 0. The van der Waals surface area contributed by atoms with Crippen LogP contribution in [0.3, 0.4) is 0 Å². The molecule has 1 unspecified atom stereocenters. The van der Waals surface area contributed by atoms with Crippen molar-refractivity contribution in [3.63, 3.8) is 0 Å². The Balaban J connectivity index is 0.00000192. The average molecular weight is 470 g/mol. The van der Waals surface area contributed by atoms with Crippen molar-refractivity contribution in [3.8, 4) is 11.5 Å². The first kappa shape index (κ1) is 18.8. The number of fused-ring (bicyclic) bond motifs is 1. The van der Waals surface area contributed by atoms with E-state index in [9.17, 15) is 0 Å². The van der Waals surface area contributed by atoms with Gasteiger partial charge in [-0.3, -0.25) is 4.99 Å². The Morgan fingerprint density at radius 3 is 3.00 bits per heavy atom. The van der Waals surface area contributed by atoms with Gasteiger partial charge in [-0.15, -0.1) is 24.0 Å². The predicted octanol–water partition coefficient (Wildman–Crippen LogP) is 3.25. The van der Waals surface area contributed by atoms with Crippen LogP contribution in [0.4, 0.5) is 0 Å². The van der Waals surface area contributed by atoms with Gasteiger partial charge in [0.05, 0.1) is 5.02 Å². The van der Waals surface area contributed by atoms with Gasteiger partial charge in [0, 0.05) is 25.4 Å². The van der Waals surface area contributed by atoms with Crippen molar-refractivity contribution in [1.29, 1.82) is 0 Å². The Labute approximate surface area is 162 Å². The van der Waals surface area contributed by atoms with E-state index in [1.54, 1.807) is 7.05 Å². The molecule has 2 aliphatic heterocycles. The van der Waals surface area contributed by atoms with E-state index in [1.165, 1.54) is 18.6 Å². The number of thioether (sulfide) groups is 1. The lowest BCUT2D eigenvalue weighted by molar-refractivity contribution is 0.174. The minimum Gasteiger partial charge on any atom is -0.454 e. The van der Waals surface area contributed by atoms with Gasteiger partial charge in [-0.25, -0.2) is 0 Å². The highest BCUT2D eigenvalue weighted by Crippen LogP contribution is 2.39. The van der Waals surface area contributed by atoms with Gasteiger partial charge in [-0.2, -0.15) is 11.8 Å². The number of rotatable bonds is 4. The molecule has 0 aliphatic carbocycles. The molecule has 23 heavy (non-hydrogen) atoms. The molecule has 1 fully saturated rings. The van der Waals surface area contributed by atoms with Crippen LogP contribution in [-0.2, 0) is 6.54 Å². The standard InChI is InChI=1S/C15H20ClN3O2S.HI/c1-17-15(19-8-11-3-2-4-22-11)18-7-10-5-12(16)14-13(6-10)20-9-21-14;/h5-6,11H,2-4,7-9H2,1H3,(H2,17,18,19);1H. The van der Waals surface area contributed by atoms with Gasteiger partial charge in [0.15, 0.2) is 17.5 Å². The third-order valence-electron chi connectivity index (χ3n) is 3.69. The second kappa shape index (κ2) is 9.08. The Hall–Kier alpha value is -0.540. The molecule has 5 nitrogen and oxygen atoms in total. The van der Waals surface area contributed by atoms with E-state index < -0.39 is 0 Å². The van der Waals surface area contributed by atoms with Crippen molar-refractivity contribution in [3.05, 3.63) is 22.7 Å². The fourth-order valence-electron chi connectivity index (χ4n) is 2.55. The SMILES string of the molecule is CN=C(NCc1cc(Cl)c2c(c1)OCO2)NCC1CCCS1.I. The molecule has 2 N–H and O–H groups in total. The summed E-state index contributed by atoms with van der Waals surface area (Å²) in [6, 6.07) is 3.84. The number of nitrogens with zero attached hydrogens (tertiary/aromatic N) is 1. The van der Waals surface area contributed by atoms with Crippen molar-refractivity contribution in [2.45, 2.75) is 24.6 Å². The normalized spacial score (nSPS) is 19.4. The van der Waals surface area contributed by atoms with Crippen molar-refractivity contribution in [2.24, 2.45) is 4.99 Å². The van der Waals surface area contributed by atoms with Crippen molar-refractivity contribution < 1.29 is 9.47 Å². The molecule has 128 valence electrons. The molecular formula is C15H21ClIN3O2S. The zero-order valence-electron chi connectivity index (χ0n) is 12.9. The third-order valence-corrected chi connectivity index (χ3v) is 5.37. The van der Waals surface area contributed by atoms with Crippen LogP contribution in [0.5, 0.6) is 11.5 Å². The Morgan fingerprint density at radius 1 is 1.39 bits per heavy atom. The number of ether oxygens (including phenoxy) is 2. The number of benzene rings is 1. The first-order chi connectivity index (χ1) is 10.8. The van der Waals surface area contributed by atoms with E-state index in [0.29, 0.717) is 28.3 Å². The van der Waals surface area contributed by atoms with Crippen LogP contribution in [0.25, 0.3) is 0 Å². The van der Waals surface area contributed by atoms with Gasteiger partial charge < -0.3 is 20.1 Å². The van der Waals surface area contributed by atoms with Gasteiger partial charge in [-0.1, -0.05) is 11.6 Å². The molecule has 0 amide bonds. The van der Waals surface area contributed by atoms with Crippen molar-refractivity contribution in [2.75, 3.05) is 26.1 Å². The highest BCUT2D eigenvalue weighted by Gasteiger charge is 2.18. The zero-order valence-corrected chi connectivity index (χ0v) is 16.8. The largest absolute Gasteiger partial charge is 0.454 e. The van der Waals surface area contributed by atoms with Crippen LogP contribution in [0.1, 0.15) is 18.4 Å². The summed E-state index contributed by atoms with van der Waals surface area (Å²) < 4.78 is 10.7. The highest BCUT2D eigenvalue weighted by atomic mass is 127. The van der Waals surface area contributed by atoms with Crippen LogP contribution in [0.15, 0.2) is 17.1 Å². The lowest BCUT2D eigenvalue weighted by Gasteiger charge is -2.15. The van der Waals surface area contributed by atoms with E-state index in [-0.39, 0.29) is 30.8 Å². The maximum Gasteiger partial charge on any atom is 0.231 e. The summed E-state index contributed by atoms with van der Waals surface area (Å²) in [5.74, 6) is 3.41. The summed E-state index contributed by atoms with van der Waals surface area (Å²) in [6.45, 7) is 1.81. The predicted molar refractivity (Wildman–Crippen MR) is 107 cm³/mol. The maximum absolute atomic E-state index is 6.19. The molecule has 0 bridgehead atoms. The molecule has 8 heteroatoms. The van der Waals surface area contributed by atoms with Crippen LogP contribution in [0.2, 0.25) is 5.02 Å². The number of guanidine groups is 1. The van der Waals surface area contributed by atoms with Gasteiger partial charge >= 0.3 is 0 Å². The maximum atomic E-state index is 6.19. The lowest BCUT2D eigenvalue weighted by Crippen LogP contribution is -2.39. The fourth-order valence-corrected chi connectivity index (χ4v) is 4.03. The number of hydrogen-bond acceptors (Lipinski definition) is 4. The summed E-state index contributed by atoms with van der Waals surface area (Å²) in [7, 11) is 1.78. The van der Waals surface area contributed by atoms with E-state index in [1.807, 2.05) is 23.9 Å². The number of nitrogens with one attached hydrogen (secondary N) is 2. The first-order valence-electron chi connectivity index (χ1n) is 7.40. The minimum atomic E-state index is 0. The Bertz CT molecular complexity index is 568. The van der Waals surface area contributed by atoms with Crippen LogP contribution in [0, 0.1) is 0 Å². The van der Waals surface area contributed by atoms with Crippen molar-refractivity contribution in [1.82, 2.24) is 10.6 Å². The summed E-state index contributed by atoms with van der Waals surface area (Å²) >= 11 is 8.22. The molecule has 0 radical (unpaired) electrons. The van der Waals surface area contributed by atoms with Crippen LogP contribution >= 0.6 is 47.3 Å². The average Bonchev–Trinajstić information content (AvgIpc) is 3.18. The molecule has 3 rings (SSSR count). The quantitative estimate of drug-likeness (QED) is 0.403. The second-order valence-electron chi connectivity index (χ2n) is 5.25. The van der Waals surface area contributed by atoms with Gasteiger partial charge in [0.2, 0.25) is 6.79 Å². The summed E-state index contributed by atoms with van der Waals surface area (Å²) in [5.41, 5.74) is 1.03. The highest BCUT2D eigenvalue weighted by molar-refractivity contribution is 14.0. The molecule has 1 aromatic carbocycles. The summed E-state index contributed by atoms with van der Waals surface area (Å²) in [5, 5.41) is 7.95. The fraction of sp³-hybridized carbons (Fsp3) is 0.533. The molecule has 0 aromatic heterocycles. The molecule has 1 saturated heterocycles. The van der Waals surface area contributed by atoms with E-state index >= 15 is 0 Å². The summed E-state index contributed by atoms with van der Waals surface area (Å²) in [4.78, 5) is 4.26. The second-order valence-corrected chi connectivity index (χ2v) is 7.07. The van der Waals surface area contributed by atoms with Gasteiger partial charge in [-0.05, 0) is 36.3 Å². The van der Waals surface area contributed by atoms with E-state index in [0.717, 1.165) is 18.1 Å². The van der Waals surface area contributed by atoms with Crippen LogP contribution < -0.4 is 20.1 Å². The number of hydrogen-bond donors (Lipinski definition) is 2. The Morgan fingerprint density at radius 2 is 2.26 bits per heavy atom. The van der Waals surface area contributed by atoms with Gasteiger partial charge in [0.1, 0.15) is 0 Å². The zero-order chi connectivity index (χ0) is 15.4. The van der Waals surface area contributed by atoms with E-state index in [4.69, 9.17) is 21.1 Å². The molecule has 0 spiro atoms. The molecular weight excluding hydrogens is 449 g/mol.